The number of nitrogens with one attached hydrogen (secondary N) is 2. The van der Waals surface area contributed by atoms with Gasteiger partial charge in [0, 0.05) is 17.2 Å². The van der Waals surface area contributed by atoms with E-state index >= 15 is 0 Å². The van der Waals surface area contributed by atoms with Crippen molar-refractivity contribution in [1.29, 1.82) is 0 Å². The minimum absolute atomic E-state index is 0.0806. The Morgan fingerprint density at radius 1 is 1.32 bits per heavy atom. The van der Waals surface area contributed by atoms with Crippen molar-refractivity contribution in [3.05, 3.63) is 41.0 Å². The standard InChI is InChI=1S/C16H20N2O3S/c1-3-11(2)17-15(19)12-6-4-5-7-13(12)18-16(20)14-10-22-9-8-21-14/h4-7,10-11H,3,8-9H2,1-2H3,(H,17,19)(H,18,20)/t11-/m0/s1. The third-order valence-electron chi connectivity index (χ3n) is 3.28. The number of thioether (sulfide) groups is 1. The van der Waals surface area contributed by atoms with Crippen molar-refractivity contribution in [2.75, 3.05) is 17.7 Å². The van der Waals surface area contributed by atoms with Gasteiger partial charge in [0.2, 0.25) is 0 Å². The molecule has 1 aliphatic heterocycles. The van der Waals surface area contributed by atoms with Crippen LogP contribution in [0.25, 0.3) is 0 Å². The fourth-order valence-electron chi connectivity index (χ4n) is 1.87. The first kappa shape index (κ1) is 16.4. The molecule has 1 atom stereocenters. The molecule has 0 bridgehead atoms. The lowest BCUT2D eigenvalue weighted by molar-refractivity contribution is -0.116. The van der Waals surface area contributed by atoms with Gasteiger partial charge in [0.15, 0.2) is 5.76 Å². The average molecular weight is 320 g/mol. The molecule has 1 aromatic rings. The Morgan fingerprint density at radius 2 is 2.09 bits per heavy atom. The van der Waals surface area contributed by atoms with Crippen LogP contribution in [0.1, 0.15) is 30.6 Å². The summed E-state index contributed by atoms with van der Waals surface area (Å²) < 4.78 is 5.32. The number of para-hydroxylation sites is 1. The van der Waals surface area contributed by atoms with Crippen LogP contribution in [0, 0.1) is 0 Å². The molecule has 6 heteroatoms. The number of rotatable bonds is 5. The molecule has 0 saturated carbocycles. The van der Waals surface area contributed by atoms with Crippen LogP contribution in [0.2, 0.25) is 0 Å². The molecule has 5 nitrogen and oxygen atoms in total. The van der Waals surface area contributed by atoms with Crippen LogP contribution >= 0.6 is 11.8 Å². The van der Waals surface area contributed by atoms with Crippen LogP contribution in [0.4, 0.5) is 5.69 Å². The van der Waals surface area contributed by atoms with Gasteiger partial charge in [0.25, 0.3) is 11.8 Å². The highest BCUT2D eigenvalue weighted by atomic mass is 32.2. The van der Waals surface area contributed by atoms with E-state index < -0.39 is 0 Å². The quantitative estimate of drug-likeness (QED) is 0.875. The average Bonchev–Trinajstić information content (AvgIpc) is 2.55. The molecule has 1 aromatic carbocycles. The number of ether oxygens (including phenoxy) is 1. The van der Waals surface area contributed by atoms with Crippen LogP contribution in [0.3, 0.4) is 0 Å². The summed E-state index contributed by atoms with van der Waals surface area (Å²) in [6.07, 6.45) is 0.845. The van der Waals surface area contributed by atoms with Crippen LogP contribution in [0.5, 0.6) is 0 Å². The van der Waals surface area contributed by atoms with E-state index in [9.17, 15) is 9.59 Å². The second-order valence-electron chi connectivity index (χ2n) is 4.98. The van der Waals surface area contributed by atoms with Crippen LogP contribution in [0.15, 0.2) is 35.4 Å². The van der Waals surface area contributed by atoms with Gasteiger partial charge >= 0.3 is 0 Å². The van der Waals surface area contributed by atoms with Gasteiger partial charge in [-0.1, -0.05) is 19.1 Å². The first-order chi connectivity index (χ1) is 10.6. The van der Waals surface area contributed by atoms with E-state index in [-0.39, 0.29) is 23.6 Å². The Labute approximate surface area is 134 Å². The maximum atomic E-state index is 12.3. The lowest BCUT2D eigenvalue weighted by Crippen LogP contribution is -2.32. The van der Waals surface area contributed by atoms with Crippen molar-refractivity contribution < 1.29 is 14.3 Å². The van der Waals surface area contributed by atoms with E-state index in [0.717, 1.165) is 12.2 Å². The highest BCUT2D eigenvalue weighted by molar-refractivity contribution is 8.02. The Kier molecular flexibility index (Phi) is 5.89. The van der Waals surface area contributed by atoms with E-state index in [1.54, 1.807) is 29.7 Å². The number of anilines is 1. The lowest BCUT2D eigenvalue weighted by Gasteiger charge is -2.17. The minimum Gasteiger partial charge on any atom is -0.487 e. The molecule has 2 rings (SSSR count). The Bertz CT molecular complexity index is 587. The van der Waals surface area contributed by atoms with E-state index in [0.29, 0.717) is 17.9 Å². The van der Waals surface area contributed by atoms with Gasteiger partial charge in [-0.3, -0.25) is 9.59 Å². The molecule has 0 radical (unpaired) electrons. The third kappa shape index (κ3) is 4.27. The fraction of sp³-hybridized carbons (Fsp3) is 0.375. The lowest BCUT2D eigenvalue weighted by atomic mass is 10.1. The highest BCUT2D eigenvalue weighted by Gasteiger charge is 2.18. The molecular weight excluding hydrogens is 300 g/mol. The van der Waals surface area contributed by atoms with Crippen molar-refractivity contribution in [3.63, 3.8) is 0 Å². The maximum absolute atomic E-state index is 12.3. The number of hydrogen-bond acceptors (Lipinski definition) is 4. The van der Waals surface area contributed by atoms with Crippen LogP contribution < -0.4 is 10.6 Å². The second kappa shape index (κ2) is 7.89. The molecule has 0 fully saturated rings. The third-order valence-corrected chi connectivity index (χ3v) is 4.07. The summed E-state index contributed by atoms with van der Waals surface area (Å²) in [7, 11) is 0. The number of benzene rings is 1. The number of hydrogen-bond donors (Lipinski definition) is 2. The summed E-state index contributed by atoms with van der Waals surface area (Å²) in [5.74, 6) is 0.590. The number of carbonyl (C=O) groups excluding carboxylic acids is 2. The molecule has 0 saturated heterocycles. The van der Waals surface area contributed by atoms with Gasteiger partial charge in [-0.25, -0.2) is 0 Å². The van der Waals surface area contributed by atoms with E-state index in [4.69, 9.17) is 4.74 Å². The Balaban J connectivity index is 2.12. The topological polar surface area (TPSA) is 67.4 Å². The zero-order valence-electron chi connectivity index (χ0n) is 12.7. The Hall–Kier alpha value is -1.95. The van der Waals surface area contributed by atoms with Gasteiger partial charge in [-0.05, 0) is 25.5 Å². The number of carbonyl (C=O) groups is 2. The molecule has 0 aromatic heterocycles. The molecule has 22 heavy (non-hydrogen) atoms. The number of amides is 2. The molecule has 0 spiro atoms. The molecular formula is C16H20N2O3S. The maximum Gasteiger partial charge on any atom is 0.291 e. The largest absolute Gasteiger partial charge is 0.487 e. The smallest absolute Gasteiger partial charge is 0.291 e. The fourth-order valence-corrected chi connectivity index (χ4v) is 2.49. The summed E-state index contributed by atoms with van der Waals surface area (Å²) in [5.41, 5.74) is 0.925. The van der Waals surface area contributed by atoms with Crippen molar-refractivity contribution in [2.24, 2.45) is 0 Å². The van der Waals surface area contributed by atoms with E-state index in [1.165, 1.54) is 11.8 Å². The molecule has 1 aliphatic rings. The summed E-state index contributed by atoms with van der Waals surface area (Å²) in [4.78, 5) is 24.5. The zero-order chi connectivity index (χ0) is 15.9. The van der Waals surface area contributed by atoms with Crippen molar-refractivity contribution in [1.82, 2.24) is 5.32 Å². The molecule has 118 valence electrons. The van der Waals surface area contributed by atoms with Gasteiger partial charge in [-0.15, -0.1) is 11.8 Å². The van der Waals surface area contributed by atoms with Crippen LogP contribution in [-0.2, 0) is 9.53 Å². The predicted molar refractivity (Wildman–Crippen MR) is 88.8 cm³/mol. The van der Waals surface area contributed by atoms with E-state index in [1.807, 2.05) is 13.8 Å². The molecule has 0 unspecified atom stereocenters. The first-order valence-electron chi connectivity index (χ1n) is 7.27. The minimum atomic E-state index is -0.337. The molecule has 2 N–H and O–H groups in total. The van der Waals surface area contributed by atoms with Gasteiger partial charge in [0.05, 0.1) is 17.9 Å². The van der Waals surface area contributed by atoms with Gasteiger partial charge in [0.1, 0.15) is 0 Å². The zero-order valence-corrected chi connectivity index (χ0v) is 13.5. The summed E-state index contributed by atoms with van der Waals surface area (Å²) in [6, 6.07) is 7.03. The van der Waals surface area contributed by atoms with Crippen molar-refractivity contribution >= 4 is 29.3 Å². The molecule has 1 heterocycles. The first-order valence-corrected chi connectivity index (χ1v) is 8.32. The predicted octanol–water partition coefficient (Wildman–Crippen LogP) is 2.76. The molecule has 2 amide bonds. The Morgan fingerprint density at radius 3 is 2.77 bits per heavy atom. The van der Waals surface area contributed by atoms with Crippen molar-refractivity contribution in [3.8, 4) is 0 Å². The SMILES string of the molecule is CC[C@H](C)NC(=O)c1ccccc1NC(=O)C1=CSCCO1. The van der Waals surface area contributed by atoms with Crippen molar-refractivity contribution in [2.45, 2.75) is 26.3 Å². The normalized spacial score (nSPS) is 15.3. The summed E-state index contributed by atoms with van der Waals surface area (Å²) in [5, 5.41) is 7.34. The highest BCUT2D eigenvalue weighted by Crippen LogP contribution is 2.19. The monoisotopic (exact) mass is 320 g/mol. The van der Waals surface area contributed by atoms with E-state index in [2.05, 4.69) is 10.6 Å². The van der Waals surface area contributed by atoms with Crippen LogP contribution in [-0.4, -0.2) is 30.2 Å². The summed E-state index contributed by atoms with van der Waals surface area (Å²) >= 11 is 1.54. The van der Waals surface area contributed by atoms with Gasteiger partial charge in [-0.2, -0.15) is 0 Å². The van der Waals surface area contributed by atoms with Gasteiger partial charge < -0.3 is 15.4 Å². The second-order valence-corrected chi connectivity index (χ2v) is 5.96. The molecule has 0 aliphatic carbocycles. The summed E-state index contributed by atoms with van der Waals surface area (Å²) in [6.45, 7) is 4.46.